The molecule has 30 heavy (non-hydrogen) atoms. The Morgan fingerprint density at radius 3 is 2.67 bits per heavy atom. The number of piperidine rings is 1. The molecule has 4 heterocycles. The number of hydrogen-bond donors (Lipinski definition) is 2. The van der Waals surface area contributed by atoms with Crippen molar-refractivity contribution in [3.05, 3.63) is 46.2 Å². The second-order valence-corrected chi connectivity index (χ2v) is 7.92. The van der Waals surface area contributed by atoms with Crippen molar-refractivity contribution in [2.24, 2.45) is 0 Å². The van der Waals surface area contributed by atoms with Gasteiger partial charge in [-0.05, 0) is 39.1 Å². The van der Waals surface area contributed by atoms with Gasteiger partial charge in [-0.3, -0.25) is 9.20 Å². The fraction of sp³-hybridized carbons (Fsp3) is 0.333. The molecule has 0 amide bonds. The highest BCUT2D eigenvalue weighted by Gasteiger charge is 2.25. The fourth-order valence-corrected chi connectivity index (χ4v) is 4.34. The number of nitrogens with zero attached hydrogens (tertiary/aromatic N) is 5. The molecule has 0 saturated carbocycles. The molecule has 1 saturated heterocycles. The lowest BCUT2D eigenvalue weighted by molar-refractivity contribution is 0.0697. The van der Waals surface area contributed by atoms with Crippen LogP contribution >= 0.6 is 0 Å². The number of fused-ring (bicyclic) bond motifs is 5. The van der Waals surface area contributed by atoms with Gasteiger partial charge in [-0.1, -0.05) is 12.1 Å². The predicted octanol–water partition coefficient (Wildman–Crippen LogP) is 1.95. The zero-order valence-corrected chi connectivity index (χ0v) is 16.8. The second-order valence-electron chi connectivity index (χ2n) is 7.92. The van der Waals surface area contributed by atoms with Crippen LogP contribution in [0.5, 0.6) is 0 Å². The highest BCUT2D eigenvalue weighted by atomic mass is 16.4. The van der Waals surface area contributed by atoms with Gasteiger partial charge in [0.1, 0.15) is 11.2 Å². The van der Waals surface area contributed by atoms with Crippen molar-refractivity contribution in [1.82, 2.24) is 24.3 Å². The topological polar surface area (TPSA) is 107 Å². The first-order chi connectivity index (χ1) is 14.5. The highest BCUT2D eigenvalue weighted by Crippen LogP contribution is 2.25. The summed E-state index contributed by atoms with van der Waals surface area (Å²) in [5.41, 5.74) is 1.26. The molecule has 1 fully saturated rings. The van der Waals surface area contributed by atoms with E-state index in [9.17, 15) is 14.7 Å². The monoisotopic (exact) mass is 406 g/mol. The molecule has 154 valence electrons. The van der Waals surface area contributed by atoms with Gasteiger partial charge in [-0.25, -0.2) is 9.78 Å². The quantitative estimate of drug-likeness (QED) is 0.535. The normalized spacial score (nSPS) is 15.6. The molecule has 1 aliphatic rings. The minimum atomic E-state index is -1.28. The van der Waals surface area contributed by atoms with Crippen molar-refractivity contribution in [3.63, 3.8) is 0 Å². The Balaban J connectivity index is 1.74. The molecule has 1 aromatic carbocycles. The molecular weight excluding hydrogens is 384 g/mol. The number of carboxylic acid groups (broad SMARTS) is 1. The summed E-state index contributed by atoms with van der Waals surface area (Å²) in [6, 6.07) is 7.97. The van der Waals surface area contributed by atoms with Crippen molar-refractivity contribution in [2.75, 3.05) is 32.1 Å². The summed E-state index contributed by atoms with van der Waals surface area (Å²) in [4.78, 5) is 41.4. The first-order valence-electron chi connectivity index (χ1n) is 9.92. The number of anilines is 1. The van der Waals surface area contributed by atoms with Gasteiger partial charge >= 0.3 is 5.97 Å². The third-order valence-corrected chi connectivity index (χ3v) is 5.99. The SMILES string of the molecule is CN(C)C1CCN(c2ncc3c(=O)c(C(=O)O)c4[nH]c5ccccc5n4c3n2)CC1. The molecule has 0 aliphatic carbocycles. The molecule has 0 atom stereocenters. The Hall–Kier alpha value is -3.46. The largest absolute Gasteiger partial charge is 0.477 e. The van der Waals surface area contributed by atoms with Gasteiger partial charge in [-0.15, -0.1) is 0 Å². The van der Waals surface area contributed by atoms with E-state index in [0.717, 1.165) is 37.0 Å². The molecule has 9 heteroatoms. The van der Waals surface area contributed by atoms with E-state index in [1.807, 2.05) is 24.3 Å². The molecule has 9 nitrogen and oxygen atoms in total. The zero-order valence-electron chi connectivity index (χ0n) is 16.8. The van der Waals surface area contributed by atoms with Gasteiger partial charge in [0.25, 0.3) is 0 Å². The molecule has 0 spiro atoms. The maximum atomic E-state index is 13.0. The van der Waals surface area contributed by atoms with E-state index in [1.54, 1.807) is 4.40 Å². The number of H-pyrrole nitrogens is 1. The molecule has 0 bridgehead atoms. The van der Waals surface area contributed by atoms with E-state index in [4.69, 9.17) is 4.98 Å². The van der Waals surface area contributed by atoms with Crippen molar-refractivity contribution in [1.29, 1.82) is 0 Å². The fourth-order valence-electron chi connectivity index (χ4n) is 4.34. The van der Waals surface area contributed by atoms with Crippen LogP contribution in [0.4, 0.5) is 5.95 Å². The maximum Gasteiger partial charge on any atom is 0.343 e. The Morgan fingerprint density at radius 2 is 1.97 bits per heavy atom. The van der Waals surface area contributed by atoms with Crippen LogP contribution in [0, 0.1) is 0 Å². The highest BCUT2D eigenvalue weighted by molar-refractivity contribution is 6.02. The van der Waals surface area contributed by atoms with Crippen LogP contribution in [0.2, 0.25) is 0 Å². The van der Waals surface area contributed by atoms with E-state index in [2.05, 4.69) is 33.9 Å². The lowest BCUT2D eigenvalue weighted by Crippen LogP contribution is -2.42. The minimum Gasteiger partial charge on any atom is -0.477 e. The molecule has 3 aromatic heterocycles. The number of benzene rings is 1. The van der Waals surface area contributed by atoms with Crippen LogP contribution < -0.4 is 10.3 Å². The summed E-state index contributed by atoms with van der Waals surface area (Å²) >= 11 is 0. The molecule has 2 N–H and O–H groups in total. The van der Waals surface area contributed by atoms with E-state index in [-0.39, 0.29) is 16.6 Å². The first-order valence-corrected chi connectivity index (χ1v) is 9.92. The van der Waals surface area contributed by atoms with Crippen molar-refractivity contribution < 1.29 is 9.90 Å². The number of pyridine rings is 1. The average molecular weight is 406 g/mol. The summed E-state index contributed by atoms with van der Waals surface area (Å²) in [6.07, 6.45) is 3.47. The Morgan fingerprint density at radius 1 is 1.23 bits per heavy atom. The van der Waals surface area contributed by atoms with Crippen molar-refractivity contribution in [2.45, 2.75) is 18.9 Å². The van der Waals surface area contributed by atoms with E-state index >= 15 is 0 Å². The summed E-state index contributed by atoms with van der Waals surface area (Å²) < 4.78 is 1.72. The van der Waals surface area contributed by atoms with E-state index in [0.29, 0.717) is 17.6 Å². The van der Waals surface area contributed by atoms with Gasteiger partial charge in [0.05, 0.1) is 16.4 Å². The first kappa shape index (κ1) is 18.6. The number of aromatic nitrogens is 4. The predicted molar refractivity (Wildman–Crippen MR) is 115 cm³/mol. The number of hydrogen-bond acceptors (Lipinski definition) is 6. The number of para-hydroxylation sites is 2. The number of nitrogens with one attached hydrogen (secondary N) is 1. The van der Waals surface area contributed by atoms with Crippen LogP contribution in [-0.2, 0) is 0 Å². The lowest BCUT2D eigenvalue weighted by atomic mass is 10.0. The molecule has 0 unspecified atom stereocenters. The summed E-state index contributed by atoms with van der Waals surface area (Å²) in [6.45, 7) is 1.65. The van der Waals surface area contributed by atoms with E-state index < -0.39 is 11.4 Å². The number of aromatic carboxylic acids is 1. The van der Waals surface area contributed by atoms with Gasteiger partial charge in [0, 0.05) is 25.3 Å². The summed E-state index contributed by atoms with van der Waals surface area (Å²) in [5.74, 6) is -0.720. The Labute approximate surface area is 171 Å². The smallest absolute Gasteiger partial charge is 0.343 e. The molecule has 0 radical (unpaired) electrons. The van der Waals surface area contributed by atoms with Crippen LogP contribution in [0.25, 0.3) is 27.7 Å². The molecule has 1 aliphatic heterocycles. The number of carbonyl (C=O) groups is 1. The summed E-state index contributed by atoms with van der Waals surface area (Å²) in [5, 5.41) is 9.89. The van der Waals surface area contributed by atoms with Crippen LogP contribution in [0.1, 0.15) is 23.2 Å². The summed E-state index contributed by atoms with van der Waals surface area (Å²) in [7, 11) is 4.18. The molecule has 4 aromatic rings. The number of imidazole rings is 1. The number of rotatable bonds is 3. The van der Waals surface area contributed by atoms with E-state index in [1.165, 1.54) is 6.20 Å². The van der Waals surface area contributed by atoms with Crippen LogP contribution in [0.3, 0.4) is 0 Å². The average Bonchev–Trinajstić information content (AvgIpc) is 3.12. The Kier molecular flexibility index (Phi) is 4.21. The van der Waals surface area contributed by atoms with Gasteiger partial charge in [-0.2, -0.15) is 4.98 Å². The Bertz CT molecular complexity index is 1350. The maximum absolute atomic E-state index is 13.0. The van der Waals surface area contributed by atoms with Crippen LogP contribution in [-0.4, -0.2) is 68.6 Å². The number of carboxylic acids is 1. The van der Waals surface area contributed by atoms with Gasteiger partial charge < -0.3 is 19.9 Å². The lowest BCUT2D eigenvalue weighted by Gasteiger charge is -2.35. The number of aromatic amines is 1. The minimum absolute atomic E-state index is 0.196. The zero-order chi connectivity index (χ0) is 21.0. The standard InChI is InChI=1S/C21H22N6O3/c1-25(2)12-7-9-26(10-8-12)21-22-11-13-17(28)16(20(29)30)19-23-14-5-3-4-6-15(14)27(19)18(13)24-21/h3-6,11-12,23H,7-10H2,1-2H3,(H,29,30). The van der Waals surface area contributed by atoms with Crippen molar-refractivity contribution >= 4 is 39.6 Å². The van der Waals surface area contributed by atoms with Gasteiger partial charge in [0.2, 0.25) is 11.4 Å². The third-order valence-electron chi connectivity index (χ3n) is 5.99. The third kappa shape index (κ3) is 2.73. The van der Waals surface area contributed by atoms with Gasteiger partial charge in [0.15, 0.2) is 5.65 Å². The molecule has 5 rings (SSSR count). The van der Waals surface area contributed by atoms with Crippen LogP contribution in [0.15, 0.2) is 35.3 Å². The molecular formula is C21H22N6O3. The van der Waals surface area contributed by atoms with Crippen molar-refractivity contribution in [3.8, 4) is 0 Å². The second kappa shape index (κ2) is 6.81.